The van der Waals surface area contributed by atoms with E-state index in [1.807, 2.05) is 40.0 Å². The Kier molecular flexibility index (Phi) is 8.14. The van der Waals surface area contributed by atoms with Gasteiger partial charge in [-0.3, -0.25) is 4.98 Å². The number of hydrogen-bond acceptors (Lipinski definition) is 1. The van der Waals surface area contributed by atoms with Gasteiger partial charge in [0.05, 0.1) is 5.52 Å². The lowest BCUT2D eigenvalue weighted by Gasteiger charge is -2.00. The maximum absolute atomic E-state index is 4.35. The summed E-state index contributed by atoms with van der Waals surface area (Å²) in [5, 5.41) is 1.23. The fraction of sp³-hybridized carbons (Fsp3) is 0.400. The van der Waals surface area contributed by atoms with Crippen LogP contribution in [0.1, 0.15) is 40.2 Å². The highest BCUT2D eigenvalue weighted by atomic mass is 14.6. The van der Waals surface area contributed by atoms with Crippen LogP contribution in [-0.2, 0) is 6.42 Å². The zero-order chi connectivity index (χ0) is 12.4. The van der Waals surface area contributed by atoms with Crippen molar-refractivity contribution in [2.75, 3.05) is 0 Å². The molecule has 0 aliphatic rings. The highest BCUT2D eigenvalue weighted by Gasteiger charge is 1.97. The second-order valence-corrected chi connectivity index (χ2v) is 2.85. The van der Waals surface area contributed by atoms with Crippen LogP contribution in [0.2, 0.25) is 0 Å². The van der Waals surface area contributed by atoms with E-state index in [1.165, 1.54) is 10.9 Å². The lowest BCUT2D eigenvalue weighted by atomic mass is 10.1. The summed E-state index contributed by atoms with van der Waals surface area (Å²) in [5.74, 6) is 0. The Morgan fingerprint density at radius 2 is 1.56 bits per heavy atom. The minimum Gasteiger partial charge on any atom is -0.256 e. The van der Waals surface area contributed by atoms with Gasteiger partial charge in [-0.15, -0.1) is 0 Å². The van der Waals surface area contributed by atoms with Gasteiger partial charge < -0.3 is 0 Å². The van der Waals surface area contributed by atoms with Crippen molar-refractivity contribution in [1.82, 2.24) is 4.98 Å². The molecule has 0 aliphatic carbocycles. The molecule has 0 spiro atoms. The molecule has 1 heteroatoms. The van der Waals surface area contributed by atoms with Crippen LogP contribution in [0, 0.1) is 0 Å². The smallest absolute Gasteiger partial charge is 0.0733 e. The Bertz CT molecular complexity index is 388. The van der Waals surface area contributed by atoms with Gasteiger partial charge in [0.2, 0.25) is 0 Å². The molecule has 0 amide bonds. The van der Waals surface area contributed by atoms with Crippen LogP contribution in [0.5, 0.6) is 0 Å². The van der Waals surface area contributed by atoms with Crippen LogP contribution in [0.15, 0.2) is 36.5 Å². The molecule has 0 N–H and O–H groups in total. The zero-order valence-electron chi connectivity index (χ0n) is 11.1. The van der Waals surface area contributed by atoms with Crippen molar-refractivity contribution in [3.8, 4) is 0 Å². The lowest BCUT2D eigenvalue weighted by Crippen LogP contribution is -1.85. The second-order valence-electron chi connectivity index (χ2n) is 2.85. The van der Waals surface area contributed by atoms with E-state index in [9.17, 15) is 0 Å². The van der Waals surface area contributed by atoms with Gasteiger partial charge in [-0.1, -0.05) is 58.9 Å². The van der Waals surface area contributed by atoms with E-state index in [0.29, 0.717) is 0 Å². The molecule has 0 bridgehead atoms. The van der Waals surface area contributed by atoms with Gasteiger partial charge in [0, 0.05) is 11.6 Å². The molecule has 1 heterocycles. The monoisotopic (exact) mass is 217 g/mol. The molecule has 0 atom stereocenters. The molecule has 2 aromatic rings. The molecule has 2 rings (SSSR count). The first-order valence-corrected chi connectivity index (χ1v) is 6.24. The van der Waals surface area contributed by atoms with Crippen LogP contribution in [0.25, 0.3) is 10.9 Å². The number of benzene rings is 1. The number of para-hydroxylation sites is 1. The normalized spacial score (nSPS) is 8.56. The highest BCUT2D eigenvalue weighted by molar-refractivity contribution is 5.81. The van der Waals surface area contributed by atoms with Gasteiger partial charge in [0.15, 0.2) is 0 Å². The summed E-state index contributed by atoms with van der Waals surface area (Å²) >= 11 is 0. The molecule has 1 aromatic carbocycles. The molecule has 88 valence electrons. The molecule has 1 aromatic heterocycles. The first-order valence-electron chi connectivity index (χ1n) is 6.24. The number of pyridine rings is 1. The molecular weight excluding hydrogens is 194 g/mol. The number of aromatic nitrogens is 1. The number of rotatable bonds is 1. The van der Waals surface area contributed by atoms with E-state index in [2.05, 4.69) is 36.2 Å². The average Bonchev–Trinajstić information content (AvgIpc) is 2.42. The van der Waals surface area contributed by atoms with Crippen molar-refractivity contribution in [3.63, 3.8) is 0 Å². The van der Waals surface area contributed by atoms with Gasteiger partial charge in [0.1, 0.15) is 0 Å². The minimum atomic E-state index is 1.05. The quantitative estimate of drug-likeness (QED) is 0.665. The van der Waals surface area contributed by atoms with Crippen molar-refractivity contribution in [2.24, 2.45) is 0 Å². The molecule has 0 unspecified atom stereocenters. The van der Waals surface area contributed by atoms with Crippen molar-refractivity contribution in [1.29, 1.82) is 0 Å². The summed E-state index contributed by atoms with van der Waals surface area (Å²) in [7, 11) is 0. The summed E-state index contributed by atoms with van der Waals surface area (Å²) < 4.78 is 0. The van der Waals surface area contributed by atoms with E-state index >= 15 is 0 Å². The topological polar surface area (TPSA) is 12.9 Å². The molecule has 0 radical (unpaired) electrons. The third-order valence-electron chi connectivity index (χ3n) is 2.10. The molecule has 0 saturated heterocycles. The number of nitrogens with zero attached hydrogens (tertiary/aromatic N) is 1. The Labute approximate surface area is 99.5 Å². The summed E-state index contributed by atoms with van der Waals surface area (Å²) in [5.41, 5.74) is 2.47. The lowest BCUT2D eigenvalue weighted by molar-refractivity contribution is 1.14. The molecule has 1 nitrogen and oxygen atoms in total. The fourth-order valence-electron chi connectivity index (χ4n) is 1.45. The third kappa shape index (κ3) is 3.65. The van der Waals surface area contributed by atoms with Crippen LogP contribution in [0.3, 0.4) is 0 Å². The van der Waals surface area contributed by atoms with Crippen LogP contribution >= 0.6 is 0 Å². The number of fused-ring (bicyclic) bond motifs is 1. The molecular formula is C15H23N. The van der Waals surface area contributed by atoms with Crippen molar-refractivity contribution >= 4 is 10.9 Å². The fourth-order valence-corrected chi connectivity index (χ4v) is 1.45. The van der Waals surface area contributed by atoms with Gasteiger partial charge in [-0.25, -0.2) is 0 Å². The molecule has 16 heavy (non-hydrogen) atoms. The summed E-state index contributed by atoms with van der Waals surface area (Å²) in [6.45, 7) is 10.2. The zero-order valence-corrected chi connectivity index (χ0v) is 11.1. The Morgan fingerprint density at radius 1 is 0.938 bits per heavy atom. The molecule has 0 saturated carbocycles. The minimum absolute atomic E-state index is 1.05. The standard InChI is InChI=1S/C11H11N.2C2H6/c1-2-9-5-3-6-10-7-4-8-12-11(9)10;2*1-2/h3-8H,2H2,1H3;2*1-2H3. The van der Waals surface area contributed by atoms with E-state index < -0.39 is 0 Å². The van der Waals surface area contributed by atoms with Crippen molar-refractivity contribution < 1.29 is 0 Å². The number of aryl methyl sites for hydroxylation is 1. The predicted octanol–water partition coefficient (Wildman–Crippen LogP) is 4.85. The van der Waals surface area contributed by atoms with Gasteiger partial charge in [-0.05, 0) is 18.1 Å². The second kappa shape index (κ2) is 8.90. The van der Waals surface area contributed by atoms with Gasteiger partial charge in [0.25, 0.3) is 0 Å². The summed E-state index contributed by atoms with van der Waals surface area (Å²) in [6, 6.07) is 10.4. The Hall–Kier alpha value is -1.37. The van der Waals surface area contributed by atoms with Crippen molar-refractivity contribution in [3.05, 3.63) is 42.1 Å². The maximum atomic E-state index is 4.35. The Balaban J connectivity index is 0.000000509. The van der Waals surface area contributed by atoms with E-state index in [1.54, 1.807) is 0 Å². The SMILES string of the molecule is CC.CC.CCc1cccc2cccnc12. The van der Waals surface area contributed by atoms with Crippen LogP contribution in [0.4, 0.5) is 0 Å². The summed E-state index contributed by atoms with van der Waals surface area (Å²) in [4.78, 5) is 4.35. The summed E-state index contributed by atoms with van der Waals surface area (Å²) in [6.07, 6.45) is 2.90. The predicted molar refractivity (Wildman–Crippen MR) is 73.8 cm³/mol. The first-order chi connectivity index (χ1) is 7.92. The van der Waals surface area contributed by atoms with E-state index in [0.717, 1.165) is 11.9 Å². The highest BCUT2D eigenvalue weighted by Crippen LogP contribution is 2.15. The molecule has 0 fully saturated rings. The van der Waals surface area contributed by atoms with Gasteiger partial charge >= 0.3 is 0 Å². The van der Waals surface area contributed by atoms with Crippen LogP contribution < -0.4 is 0 Å². The largest absolute Gasteiger partial charge is 0.256 e. The van der Waals surface area contributed by atoms with E-state index in [-0.39, 0.29) is 0 Å². The maximum Gasteiger partial charge on any atom is 0.0733 e. The van der Waals surface area contributed by atoms with Crippen LogP contribution in [-0.4, -0.2) is 4.98 Å². The first kappa shape index (κ1) is 14.6. The molecule has 0 aliphatic heterocycles. The average molecular weight is 217 g/mol. The van der Waals surface area contributed by atoms with Gasteiger partial charge in [-0.2, -0.15) is 0 Å². The Morgan fingerprint density at radius 3 is 2.19 bits per heavy atom. The number of hydrogen-bond donors (Lipinski definition) is 0. The van der Waals surface area contributed by atoms with E-state index in [4.69, 9.17) is 0 Å². The third-order valence-corrected chi connectivity index (χ3v) is 2.10. The van der Waals surface area contributed by atoms with Crippen molar-refractivity contribution in [2.45, 2.75) is 41.0 Å².